The first-order valence-electron chi connectivity index (χ1n) is 5.42. The summed E-state index contributed by atoms with van der Waals surface area (Å²) in [6, 6.07) is 1.83. The van der Waals surface area contributed by atoms with E-state index in [0.29, 0.717) is 0 Å². The first-order valence-corrected chi connectivity index (χ1v) is 5.42. The number of ether oxygens (including phenoxy) is 1. The number of hydrogen-bond donors (Lipinski definition) is 2. The molecule has 0 saturated heterocycles. The van der Waals surface area contributed by atoms with E-state index in [1.807, 2.05) is 0 Å². The molecule has 0 radical (unpaired) electrons. The molecule has 0 bridgehead atoms. The fraction of sp³-hybridized carbons (Fsp3) is 0.231. The van der Waals surface area contributed by atoms with Gasteiger partial charge in [-0.25, -0.2) is 9.18 Å². The molecule has 0 saturated carbocycles. The third-order valence-corrected chi connectivity index (χ3v) is 2.14. The van der Waals surface area contributed by atoms with E-state index in [-0.39, 0.29) is 29.8 Å². The summed E-state index contributed by atoms with van der Waals surface area (Å²) in [5.74, 6) is 2.31. The van der Waals surface area contributed by atoms with E-state index in [2.05, 4.69) is 16.6 Å². The molecule has 100 valence electrons. The zero-order chi connectivity index (χ0) is 14.4. The van der Waals surface area contributed by atoms with Gasteiger partial charge in [0, 0.05) is 0 Å². The van der Waals surface area contributed by atoms with Gasteiger partial charge >= 0.3 is 11.9 Å². The maximum Gasteiger partial charge on any atom is 0.337 e. The summed E-state index contributed by atoms with van der Waals surface area (Å²) >= 11 is 0. The smallest absolute Gasteiger partial charge is 0.337 e. The van der Waals surface area contributed by atoms with Crippen molar-refractivity contribution in [2.45, 2.75) is 13.3 Å². The first-order chi connectivity index (χ1) is 8.95. The van der Waals surface area contributed by atoms with E-state index in [9.17, 15) is 14.0 Å². The number of carbonyl (C=O) groups excluding carboxylic acids is 1. The monoisotopic (exact) mass is 265 g/mol. The molecular formula is C13H12FNO4. The number of aromatic carboxylic acids is 1. The van der Waals surface area contributed by atoms with Crippen molar-refractivity contribution in [1.82, 2.24) is 0 Å². The predicted molar refractivity (Wildman–Crippen MR) is 65.9 cm³/mol. The van der Waals surface area contributed by atoms with Crippen LogP contribution in [0.3, 0.4) is 0 Å². The van der Waals surface area contributed by atoms with Gasteiger partial charge in [-0.15, -0.1) is 0 Å². The normalized spacial score (nSPS) is 9.37. The van der Waals surface area contributed by atoms with Crippen LogP contribution in [0.4, 0.5) is 10.1 Å². The van der Waals surface area contributed by atoms with Crippen LogP contribution in [-0.4, -0.2) is 23.7 Å². The van der Waals surface area contributed by atoms with E-state index in [0.717, 1.165) is 12.1 Å². The summed E-state index contributed by atoms with van der Waals surface area (Å²) in [6.45, 7) is 1.90. The molecule has 0 unspecified atom stereocenters. The van der Waals surface area contributed by atoms with Crippen LogP contribution in [0, 0.1) is 17.7 Å². The molecule has 0 atom stereocenters. The van der Waals surface area contributed by atoms with Crippen molar-refractivity contribution < 1.29 is 23.8 Å². The van der Waals surface area contributed by atoms with Gasteiger partial charge in [0.2, 0.25) is 0 Å². The average Bonchev–Trinajstić information content (AvgIpc) is 2.33. The van der Waals surface area contributed by atoms with Crippen molar-refractivity contribution in [3.63, 3.8) is 0 Å². The van der Waals surface area contributed by atoms with E-state index in [1.165, 1.54) is 0 Å². The maximum absolute atomic E-state index is 13.2. The Balaban J connectivity index is 2.99. The van der Waals surface area contributed by atoms with Crippen LogP contribution < -0.4 is 5.73 Å². The summed E-state index contributed by atoms with van der Waals surface area (Å²) in [5, 5.41) is 8.83. The number of halogens is 1. The molecule has 0 aliphatic rings. The molecule has 6 heteroatoms. The topological polar surface area (TPSA) is 89.6 Å². The summed E-state index contributed by atoms with van der Waals surface area (Å²) < 4.78 is 17.9. The maximum atomic E-state index is 13.2. The van der Waals surface area contributed by atoms with Crippen LogP contribution in [0.15, 0.2) is 12.1 Å². The van der Waals surface area contributed by atoms with Gasteiger partial charge in [0.25, 0.3) is 0 Å². The molecule has 0 heterocycles. The van der Waals surface area contributed by atoms with Gasteiger partial charge in [0.15, 0.2) is 0 Å². The number of nitrogens with two attached hydrogens (primary N) is 1. The van der Waals surface area contributed by atoms with Crippen molar-refractivity contribution in [2.24, 2.45) is 0 Å². The van der Waals surface area contributed by atoms with Crippen LogP contribution in [-0.2, 0) is 9.53 Å². The number of hydrogen-bond acceptors (Lipinski definition) is 4. The highest BCUT2D eigenvalue weighted by atomic mass is 19.1. The molecule has 0 amide bonds. The van der Waals surface area contributed by atoms with Crippen molar-refractivity contribution in [3.8, 4) is 11.8 Å². The summed E-state index contributed by atoms with van der Waals surface area (Å²) in [7, 11) is 0. The highest BCUT2D eigenvalue weighted by Crippen LogP contribution is 2.19. The van der Waals surface area contributed by atoms with Gasteiger partial charge in [-0.1, -0.05) is 11.8 Å². The van der Waals surface area contributed by atoms with Gasteiger partial charge in [0.05, 0.1) is 23.4 Å². The largest absolute Gasteiger partial charge is 0.478 e. The highest BCUT2D eigenvalue weighted by molar-refractivity contribution is 5.95. The van der Waals surface area contributed by atoms with Crippen LogP contribution in [0.5, 0.6) is 0 Å². The molecule has 19 heavy (non-hydrogen) atoms. The number of esters is 1. The van der Waals surface area contributed by atoms with Crippen LogP contribution in [0.2, 0.25) is 0 Å². The van der Waals surface area contributed by atoms with Gasteiger partial charge in [-0.2, -0.15) is 0 Å². The Morgan fingerprint density at radius 3 is 2.74 bits per heavy atom. The number of nitrogen functional groups attached to an aromatic ring is 1. The summed E-state index contributed by atoms with van der Waals surface area (Å²) in [6.07, 6.45) is -0.174. The summed E-state index contributed by atoms with van der Waals surface area (Å²) in [4.78, 5) is 21.9. The highest BCUT2D eigenvalue weighted by Gasteiger charge is 2.12. The second kappa shape index (κ2) is 6.40. The number of carboxylic acids is 1. The zero-order valence-electron chi connectivity index (χ0n) is 10.2. The Hall–Kier alpha value is -2.55. The fourth-order valence-electron chi connectivity index (χ4n) is 1.32. The number of carbonyl (C=O) groups is 2. The van der Waals surface area contributed by atoms with Crippen molar-refractivity contribution in [3.05, 3.63) is 29.1 Å². The van der Waals surface area contributed by atoms with Gasteiger partial charge < -0.3 is 15.6 Å². The van der Waals surface area contributed by atoms with Crippen LogP contribution in [0.25, 0.3) is 0 Å². The number of anilines is 1. The molecule has 0 aromatic heterocycles. The minimum Gasteiger partial charge on any atom is -0.478 e. The lowest BCUT2D eigenvalue weighted by Crippen LogP contribution is -2.05. The Labute approximate surface area is 109 Å². The Bertz CT molecular complexity index is 572. The second-order valence-electron chi connectivity index (χ2n) is 3.50. The molecule has 5 nitrogen and oxygen atoms in total. The van der Waals surface area contributed by atoms with Gasteiger partial charge in [-0.3, -0.25) is 4.79 Å². The molecule has 0 fully saturated rings. The third kappa shape index (κ3) is 4.00. The van der Waals surface area contributed by atoms with Crippen LogP contribution >= 0.6 is 0 Å². The average molecular weight is 265 g/mol. The molecule has 1 aromatic carbocycles. The minimum absolute atomic E-state index is 0.0294. The molecule has 3 N–H and O–H groups in total. The van der Waals surface area contributed by atoms with E-state index in [4.69, 9.17) is 10.8 Å². The molecule has 1 aromatic rings. The Morgan fingerprint density at radius 1 is 1.47 bits per heavy atom. The first kappa shape index (κ1) is 14.5. The Morgan fingerprint density at radius 2 is 2.16 bits per heavy atom. The minimum atomic E-state index is -1.34. The molecular weight excluding hydrogens is 253 g/mol. The van der Waals surface area contributed by atoms with E-state index < -0.39 is 17.8 Å². The fourth-order valence-corrected chi connectivity index (χ4v) is 1.32. The number of benzene rings is 1. The summed E-state index contributed by atoms with van der Waals surface area (Å²) in [5.41, 5.74) is 5.10. The second-order valence-corrected chi connectivity index (χ2v) is 3.50. The van der Waals surface area contributed by atoms with E-state index in [1.54, 1.807) is 6.92 Å². The lowest BCUT2D eigenvalue weighted by atomic mass is 10.1. The molecule has 0 spiro atoms. The molecule has 0 aliphatic heterocycles. The number of rotatable bonds is 3. The lowest BCUT2D eigenvalue weighted by Gasteiger charge is -2.03. The van der Waals surface area contributed by atoms with Crippen molar-refractivity contribution in [1.29, 1.82) is 0 Å². The standard InChI is InChI=1S/C13H12FNO4/c1-2-19-11(16)5-3-4-8-6-9(14)7-10(12(8)15)13(17)18/h6-7H,2,5,15H2,1H3,(H,17,18). The number of carboxylic acid groups (broad SMARTS) is 1. The predicted octanol–water partition coefficient (Wildman–Crippen LogP) is 1.41. The zero-order valence-corrected chi connectivity index (χ0v) is 10.2. The van der Waals surface area contributed by atoms with Gasteiger partial charge in [-0.05, 0) is 19.1 Å². The molecule has 1 rings (SSSR count). The van der Waals surface area contributed by atoms with Crippen molar-refractivity contribution >= 4 is 17.6 Å². The van der Waals surface area contributed by atoms with Gasteiger partial charge in [0.1, 0.15) is 12.2 Å². The molecule has 0 aliphatic carbocycles. The SMILES string of the molecule is CCOC(=O)CC#Cc1cc(F)cc(C(=O)O)c1N. The quantitative estimate of drug-likeness (QED) is 0.490. The van der Waals surface area contributed by atoms with E-state index >= 15 is 0 Å². The Kier molecular flexibility index (Phi) is 4.89. The van der Waals surface area contributed by atoms with Crippen molar-refractivity contribution in [2.75, 3.05) is 12.3 Å². The van der Waals surface area contributed by atoms with Crippen LogP contribution in [0.1, 0.15) is 29.3 Å². The third-order valence-electron chi connectivity index (χ3n) is 2.14. The lowest BCUT2D eigenvalue weighted by molar-refractivity contribution is -0.141.